The molecule has 1 aliphatic carbocycles. The van der Waals surface area contributed by atoms with E-state index < -0.39 is 30.6 Å². The molecule has 4 rings (SSSR count). The van der Waals surface area contributed by atoms with Gasteiger partial charge in [0.1, 0.15) is 12.2 Å². The minimum atomic E-state index is -0.850. The third kappa shape index (κ3) is 4.20. The van der Waals surface area contributed by atoms with E-state index in [9.17, 15) is 24.0 Å². The number of carbonyl (C=O) groups is 4. The first kappa shape index (κ1) is 22.5. The molecule has 174 valence electrons. The number of anilines is 1. The second-order valence-corrected chi connectivity index (χ2v) is 8.41. The molecular weight excluding hydrogens is 428 g/mol. The molecular formula is C23H26N4O6. The van der Waals surface area contributed by atoms with Crippen LogP contribution in [0.5, 0.6) is 0 Å². The zero-order valence-corrected chi connectivity index (χ0v) is 18.6. The van der Waals surface area contributed by atoms with Crippen molar-refractivity contribution in [2.24, 2.45) is 18.9 Å². The molecule has 1 aromatic carbocycles. The molecule has 10 nitrogen and oxygen atoms in total. The van der Waals surface area contributed by atoms with Crippen LogP contribution in [0.4, 0.5) is 5.69 Å². The Kier molecular flexibility index (Phi) is 6.17. The Hall–Kier alpha value is -3.69. The van der Waals surface area contributed by atoms with Crippen LogP contribution in [0.2, 0.25) is 0 Å². The maximum Gasteiger partial charge on any atom is 0.326 e. The molecule has 3 amide bonds. The van der Waals surface area contributed by atoms with Gasteiger partial charge in [-0.05, 0) is 31.9 Å². The SMILES string of the molecule is Cc1c(NC(=O)COC(=O)CN2C(=O)[C@@H]3CCCC[C@H]3C2=O)c(=O)n(-c2ccccc2)n1C. The number of likely N-dealkylation sites (tertiary alicyclic amines) is 1. The third-order valence-corrected chi connectivity index (χ3v) is 6.40. The quantitative estimate of drug-likeness (QED) is 0.516. The zero-order valence-electron chi connectivity index (χ0n) is 18.6. The number of nitrogens with zero attached hydrogens (tertiary/aromatic N) is 3. The molecule has 0 radical (unpaired) electrons. The molecule has 2 aromatic rings. The summed E-state index contributed by atoms with van der Waals surface area (Å²) >= 11 is 0. The van der Waals surface area contributed by atoms with E-state index in [1.807, 2.05) is 6.07 Å². The van der Waals surface area contributed by atoms with E-state index >= 15 is 0 Å². The number of imide groups is 1. The summed E-state index contributed by atoms with van der Waals surface area (Å²) in [6, 6.07) is 8.97. The molecule has 10 heteroatoms. The van der Waals surface area contributed by atoms with Crippen molar-refractivity contribution < 1.29 is 23.9 Å². The van der Waals surface area contributed by atoms with Crippen molar-refractivity contribution >= 4 is 29.4 Å². The summed E-state index contributed by atoms with van der Waals surface area (Å²) in [6.45, 7) is 0.538. The molecule has 0 spiro atoms. The summed E-state index contributed by atoms with van der Waals surface area (Å²) < 4.78 is 8.01. The lowest BCUT2D eigenvalue weighted by atomic mass is 9.81. The van der Waals surface area contributed by atoms with Gasteiger partial charge in [0.25, 0.3) is 11.5 Å². The number of amides is 3. The van der Waals surface area contributed by atoms with E-state index in [0.717, 1.165) is 17.7 Å². The highest BCUT2D eigenvalue weighted by molar-refractivity contribution is 6.07. The number of carbonyl (C=O) groups excluding carboxylic acids is 4. The van der Waals surface area contributed by atoms with Crippen molar-refractivity contribution in [3.63, 3.8) is 0 Å². The number of nitrogens with one attached hydrogen (secondary N) is 1. The van der Waals surface area contributed by atoms with Gasteiger partial charge < -0.3 is 10.1 Å². The number of esters is 1. The molecule has 2 atom stereocenters. The highest BCUT2D eigenvalue weighted by Crippen LogP contribution is 2.37. The molecule has 1 aliphatic heterocycles. The molecule has 1 saturated carbocycles. The topological polar surface area (TPSA) is 120 Å². The summed E-state index contributed by atoms with van der Waals surface area (Å²) in [5.41, 5.74) is 0.827. The molecule has 2 heterocycles. The van der Waals surface area contributed by atoms with Gasteiger partial charge in [0.2, 0.25) is 11.8 Å². The van der Waals surface area contributed by atoms with Crippen LogP contribution in [0, 0.1) is 18.8 Å². The number of aromatic nitrogens is 2. The summed E-state index contributed by atoms with van der Waals surface area (Å²) in [5.74, 6) is -2.93. The predicted octanol–water partition coefficient (Wildman–Crippen LogP) is 1.14. The Morgan fingerprint density at radius 3 is 2.24 bits per heavy atom. The number of rotatable bonds is 6. The van der Waals surface area contributed by atoms with Crippen LogP contribution in [0.25, 0.3) is 5.69 Å². The second kappa shape index (κ2) is 9.05. The van der Waals surface area contributed by atoms with E-state index in [2.05, 4.69) is 5.32 Å². The van der Waals surface area contributed by atoms with Crippen molar-refractivity contribution in [1.82, 2.24) is 14.3 Å². The summed E-state index contributed by atoms with van der Waals surface area (Å²) in [4.78, 5) is 63.3. The van der Waals surface area contributed by atoms with E-state index in [1.165, 1.54) is 4.68 Å². The second-order valence-electron chi connectivity index (χ2n) is 8.41. The van der Waals surface area contributed by atoms with Gasteiger partial charge in [-0.2, -0.15) is 0 Å². The fourth-order valence-corrected chi connectivity index (χ4v) is 4.60. The predicted molar refractivity (Wildman–Crippen MR) is 118 cm³/mol. The smallest absolute Gasteiger partial charge is 0.326 e. The number of para-hydroxylation sites is 1. The average molecular weight is 454 g/mol. The van der Waals surface area contributed by atoms with Crippen molar-refractivity contribution in [2.45, 2.75) is 32.6 Å². The largest absolute Gasteiger partial charge is 0.454 e. The number of hydrogen-bond acceptors (Lipinski definition) is 6. The van der Waals surface area contributed by atoms with Crippen LogP contribution in [0.1, 0.15) is 31.4 Å². The minimum Gasteiger partial charge on any atom is -0.454 e. The first-order chi connectivity index (χ1) is 15.8. The fraction of sp³-hybridized carbons (Fsp3) is 0.435. The van der Waals surface area contributed by atoms with Gasteiger partial charge in [-0.15, -0.1) is 0 Å². The number of benzene rings is 1. The van der Waals surface area contributed by atoms with Crippen molar-refractivity contribution in [1.29, 1.82) is 0 Å². The maximum atomic E-state index is 12.8. The number of fused-ring (bicyclic) bond motifs is 1. The van der Waals surface area contributed by atoms with Crippen molar-refractivity contribution in [3.05, 3.63) is 46.4 Å². The van der Waals surface area contributed by atoms with E-state index in [-0.39, 0.29) is 29.3 Å². The number of hydrogen-bond donors (Lipinski definition) is 1. The zero-order chi connectivity index (χ0) is 23.7. The highest BCUT2D eigenvalue weighted by Gasteiger charge is 2.48. The lowest BCUT2D eigenvalue weighted by molar-refractivity contribution is -0.154. The van der Waals surface area contributed by atoms with Crippen LogP contribution < -0.4 is 10.9 Å². The van der Waals surface area contributed by atoms with Crippen LogP contribution in [-0.2, 0) is 31.0 Å². The monoisotopic (exact) mass is 454 g/mol. The van der Waals surface area contributed by atoms with Gasteiger partial charge in [-0.3, -0.25) is 33.6 Å². The summed E-state index contributed by atoms with van der Waals surface area (Å²) in [6.07, 6.45) is 3.09. The van der Waals surface area contributed by atoms with Gasteiger partial charge in [0.05, 0.1) is 23.2 Å². The van der Waals surface area contributed by atoms with Crippen LogP contribution in [0.3, 0.4) is 0 Å². The first-order valence-electron chi connectivity index (χ1n) is 10.9. The summed E-state index contributed by atoms with van der Waals surface area (Å²) in [5, 5.41) is 2.50. The van der Waals surface area contributed by atoms with E-state index in [1.54, 1.807) is 42.9 Å². The molecule has 0 bridgehead atoms. The Morgan fingerprint density at radius 1 is 1.03 bits per heavy atom. The lowest BCUT2D eigenvalue weighted by Gasteiger charge is -2.19. The molecule has 1 saturated heterocycles. The van der Waals surface area contributed by atoms with E-state index in [0.29, 0.717) is 24.2 Å². The lowest BCUT2D eigenvalue weighted by Crippen LogP contribution is -2.37. The standard InChI is InChI=1S/C23H26N4O6/c1-14-20(23(32)27(25(14)2)15-8-4-3-5-9-15)24-18(28)13-33-19(29)12-26-21(30)16-10-6-7-11-17(16)22(26)31/h3-5,8-9,16-17H,6-7,10-13H2,1-2H3,(H,24,28)/t16-,17-/m1/s1. The van der Waals surface area contributed by atoms with Crippen LogP contribution in [-0.4, -0.2) is 51.1 Å². The van der Waals surface area contributed by atoms with Gasteiger partial charge >= 0.3 is 5.97 Å². The van der Waals surface area contributed by atoms with Gasteiger partial charge in [-0.1, -0.05) is 31.0 Å². The summed E-state index contributed by atoms with van der Waals surface area (Å²) in [7, 11) is 1.70. The van der Waals surface area contributed by atoms with Crippen LogP contribution in [0.15, 0.2) is 35.1 Å². The molecule has 2 aliphatic rings. The van der Waals surface area contributed by atoms with Gasteiger partial charge in [0.15, 0.2) is 6.61 Å². The third-order valence-electron chi connectivity index (χ3n) is 6.40. The Bertz CT molecular complexity index is 1140. The Balaban J connectivity index is 1.36. The van der Waals surface area contributed by atoms with Crippen molar-refractivity contribution in [2.75, 3.05) is 18.5 Å². The fourth-order valence-electron chi connectivity index (χ4n) is 4.60. The Morgan fingerprint density at radius 2 is 1.64 bits per heavy atom. The first-order valence-corrected chi connectivity index (χ1v) is 10.9. The van der Waals surface area contributed by atoms with Crippen LogP contribution >= 0.6 is 0 Å². The van der Waals surface area contributed by atoms with Gasteiger partial charge in [0, 0.05) is 7.05 Å². The normalized spacial score (nSPS) is 20.0. The molecule has 33 heavy (non-hydrogen) atoms. The molecule has 2 fully saturated rings. The van der Waals surface area contributed by atoms with Crippen molar-refractivity contribution in [3.8, 4) is 5.69 Å². The molecule has 1 N–H and O–H groups in total. The maximum absolute atomic E-state index is 12.8. The number of ether oxygens (including phenoxy) is 1. The van der Waals surface area contributed by atoms with E-state index in [4.69, 9.17) is 4.74 Å². The van der Waals surface area contributed by atoms with Gasteiger partial charge in [-0.25, -0.2) is 4.68 Å². The molecule has 0 unspecified atom stereocenters. The Labute approximate surface area is 190 Å². The minimum absolute atomic E-state index is 0.0800. The average Bonchev–Trinajstić information content (AvgIpc) is 3.18. The highest BCUT2D eigenvalue weighted by atomic mass is 16.5. The molecule has 1 aromatic heterocycles.